The molecule has 3 rings (SSSR count). The van der Waals surface area contributed by atoms with Crippen molar-refractivity contribution in [3.05, 3.63) is 58.9 Å². The first kappa shape index (κ1) is 16.7. The molecular formula is C18H17ClFNO3. The molecule has 0 radical (unpaired) electrons. The standard InChI is InChI=1S/C18H17ClFNO3/c19-12-6-7-16(17(20)9-12)18(22)21-13-3-1-4-14(10-13)24-11-15-5-2-8-23-15/h1,3-4,6-7,9-10,15H,2,5,8,11H2,(H,21,22). The molecule has 1 aliphatic heterocycles. The van der Waals surface area contributed by atoms with Crippen LogP contribution in [0.3, 0.4) is 0 Å². The lowest BCUT2D eigenvalue weighted by Crippen LogP contribution is -2.16. The highest BCUT2D eigenvalue weighted by molar-refractivity contribution is 6.30. The van der Waals surface area contributed by atoms with Crippen molar-refractivity contribution in [2.45, 2.75) is 18.9 Å². The summed E-state index contributed by atoms with van der Waals surface area (Å²) in [6, 6.07) is 10.9. The van der Waals surface area contributed by atoms with Gasteiger partial charge < -0.3 is 14.8 Å². The predicted molar refractivity (Wildman–Crippen MR) is 90.3 cm³/mol. The molecule has 1 unspecified atom stereocenters. The van der Waals surface area contributed by atoms with Crippen molar-refractivity contribution < 1.29 is 18.7 Å². The molecule has 0 aliphatic carbocycles. The van der Waals surface area contributed by atoms with Gasteiger partial charge in [-0.1, -0.05) is 17.7 Å². The van der Waals surface area contributed by atoms with Gasteiger partial charge in [0.05, 0.1) is 11.7 Å². The maximum absolute atomic E-state index is 13.8. The average Bonchev–Trinajstić information content (AvgIpc) is 3.06. The first-order chi connectivity index (χ1) is 11.6. The molecule has 1 aliphatic rings. The zero-order valence-corrected chi connectivity index (χ0v) is 13.7. The van der Waals surface area contributed by atoms with Crippen molar-refractivity contribution in [1.82, 2.24) is 0 Å². The van der Waals surface area contributed by atoms with Gasteiger partial charge in [-0.05, 0) is 43.2 Å². The third kappa shape index (κ3) is 4.24. The summed E-state index contributed by atoms with van der Waals surface area (Å²) in [6.45, 7) is 1.25. The predicted octanol–water partition coefficient (Wildman–Crippen LogP) is 4.29. The van der Waals surface area contributed by atoms with Gasteiger partial charge in [0, 0.05) is 23.4 Å². The molecule has 1 fully saturated rings. The zero-order chi connectivity index (χ0) is 16.9. The van der Waals surface area contributed by atoms with Crippen LogP contribution in [0.4, 0.5) is 10.1 Å². The number of rotatable bonds is 5. The van der Waals surface area contributed by atoms with Crippen LogP contribution in [0.5, 0.6) is 5.75 Å². The monoisotopic (exact) mass is 349 g/mol. The van der Waals surface area contributed by atoms with Gasteiger partial charge in [-0.15, -0.1) is 0 Å². The van der Waals surface area contributed by atoms with Crippen molar-refractivity contribution >= 4 is 23.2 Å². The van der Waals surface area contributed by atoms with E-state index in [1.807, 2.05) is 0 Å². The fraction of sp³-hybridized carbons (Fsp3) is 0.278. The van der Waals surface area contributed by atoms with E-state index in [0.29, 0.717) is 18.0 Å². The Morgan fingerprint density at radius 3 is 2.96 bits per heavy atom. The molecule has 1 atom stereocenters. The Morgan fingerprint density at radius 1 is 1.33 bits per heavy atom. The summed E-state index contributed by atoms with van der Waals surface area (Å²) in [4.78, 5) is 12.2. The number of halogens is 2. The number of carbonyl (C=O) groups excluding carboxylic acids is 1. The average molecular weight is 350 g/mol. The van der Waals surface area contributed by atoms with E-state index in [4.69, 9.17) is 21.1 Å². The Labute approximate surface area is 144 Å². The smallest absolute Gasteiger partial charge is 0.258 e. The first-order valence-electron chi connectivity index (χ1n) is 7.73. The fourth-order valence-corrected chi connectivity index (χ4v) is 2.66. The molecule has 126 valence electrons. The van der Waals surface area contributed by atoms with Crippen molar-refractivity contribution in [3.63, 3.8) is 0 Å². The number of carbonyl (C=O) groups is 1. The molecule has 1 saturated heterocycles. The first-order valence-corrected chi connectivity index (χ1v) is 8.10. The Hall–Kier alpha value is -2.11. The Balaban J connectivity index is 1.64. The molecule has 0 spiro atoms. The summed E-state index contributed by atoms with van der Waals surface area (Å²) in [5.74, 6) is -0.578. The van der Waals surface area contributed by atoms with Crippen molar-refractivity contribution in [2.24, 2.45) is 0 Å². The normalized spacial score (nSPS) is 16.8. The Morgan fingerprint density at radius 2 is 2.21 bits per heavy atom. The van der Waals surface area contributed by atoms with Gasteiger partial charge in [-0.25, -0.2) is 4.39 Å². The van der Waals surface area contributed by atoms with Crippen LogP contribution in [0, 0.1) is 5.82 Å². The summed E-state index contributed by atoms with van der Waals surface area (Å²) < 4.78 is 25.0. The maximum atomic E-state index is 13.8. The van der Waals surface area contributed by atoms with Gasteiger partial charge >= 0.3 is 0 Å². The minimum atomic E-state index is -0.661. The van der Waals surface area contributed by atoms with E-state index >= 15 is 0 Å². The van der Waals surface area contributed by atoms with Crippen LogP contribution in [-0.4, -0.2) is 25.2 Å². The van der Waals surface area contributed by atoms with E-state index in [-0.39, 0.29) is 16.7 Å². The number of nitrogens with one attached hydrogen (secondary N) is 1. The van der Waals surface area contributed by atoms with Gasteiger partial charge in [0.15, 0.2) is 0 Å². The van der Waals surface area contributed by atoms with Crippen LogP contribution < -0.4 is 10.1 Å². The minimum absolute atomic E-state index is 0.0647. The summed E-state index contributed by atoms with van der Waals surface area (Å²) in [7, 11) is 0. The maximum Gasteiger partial charge on any atom is 0.258 e. The van der Waals surface area contributed by atoms with Gasteiger partial charge in [0.1, 0.15) is 18.2 Å². The number of ether oxygens (including phenoxy) is 2. The van der Waals surface area contributed by atoms with Crippen LogP contribution in [0.2, 0.25) is 5.02 Å². The SMILES string of the molecule is O=C(Nc1cccc(OCC2CCCO2)c1)c1ccc(Cl)cc1F. The van der Waals surface area contributed by atoms with Crippen LogP contribution in [0.25, 0.3) is 0 Å². The molecule has 1 heterocycles. The molecule has 1 N–H and O–H groups in total. The highest BCUT2D eigenvalue weighted by Gasteiger charge is 2.16. The molecule has 2 aromatic carbocycles. The van der Waals surface area contributed by atoms with Crippen LogP contribution >= 0.6 is 11.6 Å². The topological polar surface area (TPSA) is 47.6 Å². The second-order valence-corrected chi connectivity index (χ2v) is 5.99. The van der Waals surface area contributed by atoms with Crippen LogP contribution in [0.15, 0.2) is 42.5 Å². The van der Waals surface area contributed by atoms with E-state index in [0.717, 1.165) is 25.5 Å². The lowest BCUT2D eigenvalue weighted by atomic mass is 10.2. The number of benzene rings is 2. The largest absolute Gasteiger partial charge is 0.491 e. The lowest BCUT2D eigenvalue weighted by molar-refractivity contribution is 0.0680. The van der Waals surface area contributed by atoms with E-state index in [1.165, 1.54) is 12.1 Å². The molecule has 0 aromatic heterocycles. The molecule has 6 heteroatoms. The Bertz CT molecular complexity index is 732. The van der Waals surface area contributed by atoms with E-state index in [2.05, 4.69) is 5.32 Å². The van der Waals surface area contributed by atoms with Gasteiger partial charge in [0.2, 0.25) is 0 Å². The van der Waals surface area contributed by atoms with Gasteiger partial charge in [0.25, 0.3) is 5.91 Å². The van der Waals surface area contributed by atoms with E-state index < -0.39 is 11.7 Å². The molecule has 4 nitrogen and oxygen atoms in total. The molecule has 1 amide bonds. The third-order valence-electron chi connectivity index (χ3n) is 3.73. The van der Waals surface area contributed by atoms with Gasteiger partial charge in [-0.2, -0.15) is 0 Å². The van der Waals surface area contributed by atoms with Crippen molar-refractivity contribution in [3.8, 4) is 5.75 Å². The minimum Gasteiger partial charge on any atom is -0.491 e. The quantitative estimate of drug-likeness (QED) is 0.876. The summed E-state index contributed by atoms with van der Waals surface area (Å²) in [6.07, 6.45) is 2.16. The van der Waals surface area contributed by atoms with Crippen LogP contribution in [0.1, 0.15) is 23.2 Å². The Kier molecular flexibility index (Phi) is 5.33. The highest BCUT2D eigenvalue weighted by Crippen LogP contribution is 2.21. The lowest BCUT2D eigenvalue weighted by Gasteiger charge is -2.12. The highest BCUT2D eigenvalue weighted by atomic mass is 35.5. The number of hydrogen-bond donors (Lipinski definition) is 1. The summed E-state index contributed by atoms with van der Waals surface area (Å²) in [5.41, 5.74) is 0.462. The number of hydrogen-bond acceptors (Lipinski definition) is 3. The van der Waals surface area contributed by atoms with E-state index in [1.54, 1.807) is 24.3 Å². The molecule has 2 aromatic rings. The summed E-state index contributed by atoms with van der Waals surface area (Å²) >= 11 is 5.69. The zero-order valence-electron chi connectivity index (χ0n) is 12.9. The summed E-state index contributed by atoms with van der Waals surface area (Å²) in [5, 5.41) is 2.90. The molecule has 0 bridgehead atoms. The number of anilines is 1. The fourth-order valence-electron chi connectivity index (χ4n) is 2.50. The van der Waals surface area contributed by atoms with Crippen molar-refractivity contribution in [2.75, 3.05) is 18.5 Å². The molecule has 24 heavy (non-hydrogen) atoms. The van der Waals surface area contributed by atoms with E-state index in [9.17, 15) is 9.18 Å². The second-order valence-electron chi connectivity index (χ2n) is 5.55. The molecular weight excluding hydrogens is 333 g/mol. The second kappa shape index (κ2) is 7.64. The van der Waals surface area contributed by atoms with Gasteiger partial charge in [-0.3, -0.25) is 4.79 Å². The van der Waals surface area contributed by atoms with Crippen LogP contribution in [-0.2, 0) is 4.74 Å². The number of amides is 1. The molecule has 0 saturated carbocycles. The third-order valence-corrected chi connectivity index (χ3v) is 3.96. The van der Waals surface area contributed by atoms with Crippen molar-refractivity contribution in [1.29, 1.82) is 0 Å².